The SMILES string of the molecule is Cc1cc(OCCCn2c(-c3ccccc3)nc3ccccc32)cc(C)c1Cl. The molecular weight excluding hydrogens is 368 g/mol. The molecule has 142 valence electrons. The summed E-state index contributed by atoms with van der Waals surface area (Å²) in [5.41, 5.74) is 5.39. The van der Waals surface area contributed by atoms with Gasteiger partial charge in [-0.2, -0.15) is 0 Å². The number of para-hydroxylation sites is 2. The molecule has 0 aliphatic carbocycles. The van der Waals surface area contributed by atoms with E-state index in [1.54, 1.807) is 0 Å². The summed E-state index contributed by atoms with van der Waals surface area (Å²) in [6, 6.07) is 22.6. The molecule has 4 heteroatoms. The lowest BCUT2D eigenvalue weighted by atomic mass is 10.1. The fraction of sp³-hybridized carbons (Fsp3) is 0.208. The summed E-state index contributed by atoms with van der Waals surface area (Å²) in [5.74, 6) is 1.87. The zero-order valence-corrected chi connectivity index (χ0v) is 16.9. The van der Waals surface area contributed by atoms with Crippen molar-refractivity contribution in [3.05, 3.63) is 82.9 Å². The van der Waals surface area contributed by atoms with Crippen LogP contribution in [0.4, 0.5) is 0 Å². The number of nitrogens with zero attached hydrogens (tertiary/aromatic N) is 2. The van der Waals surface area contributed by atoms with Crippen molar-refractivity contribution in [1.29, 1.82) is 0 Å². The largest absolute Gasteiger partial charge is 0.494 e. The lowest BCUT2D eigenvalue weighted by Crippen LogP contribution is -2.06. The molecule has 0 spiro atoms. The number of ether oxygens (including phenoxy) is 1. The molecule has 28 heavy (non-hydrogen) atoms. The van der Waals surface area contributed by atoms with Crippen LogP contribution in [-0.2, 0) is 6.54 Å². The van der Waals surface area contributed by atoms with Gasteiger partial charge in [0.05, 0.1) is 17.6 Å². The van der Waals surface area contributed by atoms with Gasteiger partial charge in [-0.05, 0) is 55.7 Å². The van der Waals surface area contributed by atoms with E-state index >= 15 is 0 Å². The first-order chi connectivity index (χ1) is 13.6. The molecule has 0 saturated carbocycles. The molecular formula is C24H23ClN2O. The Kier molecular flexibility index (Phi) is 5.36. The van der Waals surface area contributed by atoms with Crippen molar-refractivity contribution in [2.75, 3.05) is 6.61 Å². The summed E-state index contributed by atoms with van der Waals surface area (Å²) >= 11 is 6.24. The first kappa shape index (κ1) is 18.6. The molecule has 0 aliphatic rings. The lowest BCUT2D eigenvalue weighted by Gasteiger charge is -2.12. The van der Waals surface area contributed by atoms with Crippen LogP contribution in [0, 0.1) is 13.8 Å². The van der Waals surface area contributed by atoms with Crippen LogP contribution in [0.1, 0.15) is 17.5 Å². The van der Waals surface area contributed by atoms with Crippen molar-refractivity contribution in [3.8, 4) is 17.1 Å². The molecule has 4 rings (SSSR count). The average Bonchev–Trinajstić information content (AvgIpc) is 3.08. The van der Waals surface area contributed by atoms with Gasteiger partial charge in [0.25, 0.3) is 0 Å². The monoisotopic (exact) mass is 390 g/mol. The van der Waals surface area contributed by atoms with Crippen molar-refractivity contribution in [2.24, 2.45) is 0 Å². The minimum absolute atomic E-state index is 0.640. The molecule has 0 unspecified atom stereocenters. The third kappa shape index (κ3) is 3.76. The average molecular weight is 391 g/mol. The summed E-state index contributed by atoms with van der Waals surface area (Å²) < 4.78 is 8.27. The maximum Gasteiger partial charge on any atom is 0.141 e. The van der Waals surface area contributed by atoms with Crippen LogP contribution >= 0.6 is 11.6 Å². The van der Waals surface area contributed by atoms with E-state index in [1.165, 1.54) is 0 Å². The van der Waals surface area contributed by atoms with Crippen LogP contribution in [0.25, 0.3) is 22.4 Å². The van der Waals surface area contributed by atoms with E-state index in [0.29, 0.717) is 6.61 Å². The van der Waals surface area contributed by atoms with Gasteiger partial charge < -0.3 is 9.30 Å². The van der Waals surface area contributed by atoms with Gasteiger partial charge in [-0.1, -0.05) is 54.1 Å². The third-order valence-electron chi connectivity index (χ3n) is 4.89. The summed E-state index contributed by atoms with van der Waals surface area (Å²) in [6.45, 7) is 5.50. The molecule has 0 fully saturated rings. The lowest BCUT2D eigenvalue weighted by molar-refractivity contribution is 0.302. The Bertz CT molecular complexity index is 1080. The van der Waals surface area contributed by atoms with Crippen LogP contribution in [0.3, 0.4) is 0 Å². The summed E-state index contributed by atoms with van der Waals surface area (Å²) in [7, 11) is 0. The fourth-order valence-electron chi connectivity index (χ4n) is 3.51. The molecule has 1 aromatic heterocycles. The van der Waals surface area contributed by atoms with E-state index in [9.17, 15) is 0 Å². The number of fused-ring (bicyclic) bond motifs is 1. The molecule has 0 atom stereocenters. The van der Waals surface area contributed by atoms with E-state index in [4.69, 9.17) is 21.3 Å². The zero-order chi connectivity index (χ0) is 19.5. The molecule has 1 heterocycles. The standard InChI is InChI=1S/C24H23ClN2O/c1-17-15-20(16-18(2)23(17)25)28-14-8-13-27-22-12-7-6-11-21(22)26-24(27)19-9-4-3-5-10-19/h3-7,9-12,15-16H,8,13-14H2,1-2H3. The van der Waals surface area contributed by atoms with E-state index in [1.807, 2.05) is 50.2 Å². The van der Waals surface area contributed by atoms with Crippen molar-refractivity contribution in [2.45, 2.75) is 26.8 Å². The van der Waals surface area contributed by atoms with E-state index in [-0.39, 0.29) is 0 Å². The van der Waals surface area contributed by atoms with E-state index < -0.39 is 0 Å². The molecule has 0 N–H and O–H groups in total. The van der Waals surface area contributed by atoms with Crippen LogP contribution in [-0.4, -0.2) is 16.2 Å². The Morgan fingerprint density at radius 2 is 1.61 bits per heavy atom. The first-order valence-electron chi connectivity index (χ1n) is 9.54. The van der Waals surface area contributed by atoms with Gasteiger partial charge in [-0.15, -0.1) is 0 Å². The topological polar surface area (TPSA) is 27.1 Å². The molecule has 0 radical (unpaired) electrons. The number of imidazole rings is 1. The molecule has 3 nitrogen and oxygen atoms in total. The quantitative estimate of drug-likeness (QED) is 0.354. The predicted molar refractivity (Wildman–Crippen MR) is 116 cm³/mol. The fourth-order valence-corrected chi connectivity index (χ4v) is 3.62. The van der Waals surface area contributed by atoms with Gasteiger partial charge in [0.1, 0.15) is 11.6 Å². The highest BCUT2D eigenvalue weighted by molar-refractivity contribution is 6.32. The minimum Gasteiger partial charge on any atom is -0.494 e. The second kappa shape index (κ2) is 8.07. The van der Waals surface area contributed by atoms with Crippen LogP contribution in [0.15, 0.2) is 66.7 Å². The van der Waals surface area contributed by atoms with Gasteiger partial charge in [0, 0.05) is 17.1 Å². The zero-order valence-electron chi connectivity index (χ0n) is 16.2. The summed E-state index contributed by atoms with van der Waals surface area (Å²) in [5, 5.41) is 0.810. The highest BCUT2D eigenvalue weighted by Crippen LogP contribution is 2.27. The number of hydrogen-bond acceptors (Lipinski definition) is 2. The Hall–Kier alpha value is -2.78. The van der Waals surface area contributed by atoms with Gasteiger partial charge in [0.2, 0.25) is 0 Å². The Balaban J connectivity index is 1.52. The van der Waals surface area contributed by atoms with Crippen LogP contribution in [0.5, 0.6) is 5.75 Å². The maximum atomic E-state index is 6.24. The Labute approximate surface area is 170 Å². The number of rotatable bonds is 6. The van der Waals surface area contributed by atoms with E-state index in [2.05, 4.69) is 34.9 Å². The number of aromatic nitrogens is 2. The number of halogens is 1. The van der Waals surface area contributed by atoms with Crippen molar-refractivity contribution in [1.82, 2.24) is 9.55 Å². The molecule has 0 aliphatic heterocycles. The number of hydrogen-bond donors (Lipinski definition) is 0. The van der Waals surface area contributed by atoms with E-state index in [0.717, 1.165) is 57.3 Å². The van der Waals surface area contributed by atoms with Crippen molar-refractivity contribution in [3.63, 3.8) is 0 Å². The van der Waals surface area contributed by atoms with Crippen molar-refractivity contribution < 1.29 is 4.74 Å². The molecule has 3 aromatic carbocycles. The van der Waals surface area contributed by atoms with Gasteiger partial charge in [-0.3, -0.25) is 0 Å². The smallest absolute Gasteiger partial charge is 0.141 e. The molecule has 0 bridgehead atoms. The van der Waals surface area contributed by atoms with Gasteiger partial charge >= 0.3 is 0 Å². The first-order valence-corrected chi connectivity index (χ1v) is 9.91. The number of benzene rings is 3. The maximum absolute atomic E-state index is 6.24. The highest BCUT2D eigenvalue weighted by Gasteiger charge is 2.12. The summed E-state index contributed by atoms with van der Waals surface area (Å²) in [6.07, 6.45) is 0.890. The minimum atomic E-state index is 0.640. The molecule has 0 amide bonds. The third-order valence-corrected chi connectivity index (χ3v) is 5.49. The second-order valence-electron chi connectivity index (χ2n) is 7.01. The molecule has 4 aromatic rings. The van der Waals surface area contributed by atoms with Gasteiger partial charge in [-0.25, -0.2) is 4.98 Å². The van der Waals surface area contributed by atoms with Crippen LogP contribution in [0.2, 0.25) is 5.02 Å². The Morgan fingerprint density at radius 3 is 2.36 bits per heavy atom. The highest BCUT2D eigenvalue weighted by atomic mass is 35.5. The van der Waals surface area contributed by atoms with Gasteiger partial charge in [0.15, 0.2) is 0 Å². The molecule has 0 saturated heterocycles. The van der Waals surface area contributed by atoms with Crippen molar-refractivity contribution >= 4 is 22.6 Å². The van der Waals surface area contributed by atoms with Crippen LogP contribution < -0.4 is 4.74 Å². The number of aryl methyl sites for hydroxylation is 3. The predicted octanol–water partition coefficient (Wildman–Crippen LogP) is 6.44. The normalized spacial score (nSPS) is 11.1. The Morgan fingerprint density at radius 1 is 0.929 bits per heavy atom. The second-order valence-corrected chi connectivity index (χ2v) is 7.39. The summed E-state index contributed by atoms with van der Waals surface area (Å²) in [4.78, 5) is 4.86.